The Morgan fingerprint density at radius 3 is 2.32 bits per heavy atom. The molecule has 0 radical (unpaired) electrons. The van der Waals surface area contributed by atoms with Crippen molar-refractivity contribution >= 4 is 21.6 Å². The average Bonchev–Trinajstić information content (AvgIpc) is 2.70. The number of carbonyl (C=O) groups excluding carboxylic acids is 1. The molecule has 0 bridgehead atoms. The molecule has 1 aliphatic rings. The minimum Gasteiger partial charge on any atom is -0.481 e. The van der Waals surface area contributed by atoms with E-state index in [9.17, 15) is 17.6 Å². The number of ether oxygens (including phenoxy) is 2. The third-order valence-corrected chi connectivity index (χ3v) is 6.14. The third kappa shape index (κ3) is 4.86. The van der Waals surface area contributed by atoms with Gasteiger partial charge in [0.25, 0.3) is 5.91 Å². The molecule has 0 spiro atoms. The molecular weight excluding hydrogens is 387 g/mol. The Hall–Kier alpha value is -2.49. The van der Waals surface area contributed by atoms with Gasteiger partial charge in [-0.3, -0.25) is 4.79 Å². The fourth-order valence-corrected chi connectivity index (χ4v) is 4.07. The van der Waals surface area contributed by atoms with Gasteiger partial charge >= 0.3 is 0 Å². The zero-order valence-electron chi connectivity index (χ0n) is 15.3. The van der Waals surface area contributed by atoms with Gasteiger partial charge in [-0.25, -0.2) is 12.8 Å². The topological polar surface area (TPSA) is 84.9 Å². The Balaban J connectivity index is 1.61. The number of nitrogens with one attached hydrogen (secondary N) is 1. The number of hydrogen-bond acceptors (Lipinski definition) is 5. The number of halogens is 1. The van der Waals surface area contributed by atoms with Crippen molar-refractivity contribution in [3.8, 4) is 5.75 Å². The summed E-state index contributed by atoms with van der Waals surface area (Å²) in [6, 6.07) is 11.3. The number of sulfonamides is 1. The summed E-state index contributed by atoms with van der Waals surface area (Å²) in [7, 11) is -3.58. The molecule has 1 amide bonds. The van der Waals surface area contributed by atoms with Crippen LogP contribution in [0.25, 0.3) is 0 Å². The van der Waals surface area contributed by atoms with Crippen molar-refractivity contribution in [1.82, 2.24) is 4.31 Å². The Bertz CT molecular complexity index is 910. The largest absolute Gasteiger partial charge is 0.481 e. The molecule has 9 heteroatoms. The third-order valence-electron chi connectivity index (χ3n) is 4.23. The van der Waals surface area contributed by atoms with Crippen LogP contribution in [0.5, 0.6) is 5.75 Å². The van der Waals surface area contributed by atoms with Gasteiger partial charge in [0.05, 0.1) is 18.1 Å². The van der Waals surface area contributed by atoms with Crippen LogP contribution in [0.2, 0.25) is 0 Å². The lowest BCUT2D eigenvalue weighted by Gasteiger charge is -2.26. The zero-order chi connectivity index (χ0) is 20.1. The van der Waals surface area contributed by atoms with Gasteiger partial charge in [0.2, 0.25) is 10.0 Å². The van der Waals surface area contributed by atoms with Crippen LogP contribution >= 0.6 is 0 Å². The highest BCUT2D eigenvalue weighted by Crippen LogP contribution is 2.20. The Morgan fingerprint density at radius 2 is 1.71 bits per heavy atom. The fraction of sp³-hybridized carbons (Fsp3) is 0.316. The van der Waals surface area contributed by atoms with E-state index in [1.165, 1.54) is 52.8 Å². The molecule has 1 heterocycles. The number of benzene rings is 2. The maximum atomic E-state index is 12.9. The molecule has 1 N–H and O–H groups in total. The molecule has 28 heavy (non-hydrogen) atoms. The van der Waals surface area contributed by atoms with Crippen molar-refractivity contribution in [2.75, 3.05) is 31.6 Å². The summed E-state index contributed by atoms with van der Waals surface area (Å²) < 4.78 is 50.1. The van der Waals surface area contributed by atoms with E-state index in [0.29, 0.717) is 37.7 Å². The van der Waals surface area contributed by atoms with Gasteiger partial charge in [-0.05, 0) is 55.5 Å². The van der Waals surface area contributed by atoms with E-state index in [0.717, 1.165) is 0 Å². The minimum atomic E-state index is -3.58. The lowest BCUT2D eigenvalue weighted by Crippen LogP contribution is -2.40. The highest BCUT2D eigenvalue weighted by Gasteiger charge is 2.26. The number of anilines is 1. The van der Waals surface area contributed by atoms with E-state index in [4.69, 9.17) is 9.47 Å². The molecule has 0 aliphatic carbocycles. The van der Waals surface area contributed by atoms with Crippen LogP contribution in [0.3, 0.4) is 0 Å². The Labute approximate surface area is 163 Å². The van der Waals surface area contributed by atoms with Crippen LogP contribution in [-0.4, -0.2) is 51.0 Å². The van der Waals surface area contributed by atoms with Crippen LogP contribution < -0.4 is 10.1 Å². The highest BCUT2D eigenvalue weighted by atomic mass is 32.2. The standard InChI is InChI=1S/C19H21FN2O5S/c1-14(27-17-6-2-15(20)3-7-17)19(23)21-16-4-8-18(9-5-16)28(24,25)22-10-12-26-13-11-22/h2-9,14H,10-13H2,1H3,(H,21,23). The highest BCUT2D eigenvalue weighted by molar-refractivity contribution is 7.89. The molecule has 1 atom stereocenters. The van der Waals surface area contributed by atoms with Crippen molar-refractivity contribution in [3.63, 3.8) is 0 Å². The lowest BCUT2D eigenvalue weighted by atomic mass is 10.3. The quantitative estimate of drug-likeness (QED) is 0.793. The summed E-state index contributed by atoms with van der Waals surface area (Å²) in [6.07, 6.45) is -0.817. The number of carbonyl (C=O) groups is 1. The van der Waals surface area contributed by atoms with E-state index in [-0.39, 0.29) is 4.90 Å². The molecule has 0 saturated carbocycles. The first kappa shape index (κ1) is 20.2. The molecular formula is C19H21FN2O5S. The molecule has 1 aliphatic heterocycles. The van der Waals surface area contributed by atoms with Crippen LogP contribution in [-0.2, 0) is 19.6 Å². The molecule has 1 saturated heterocycles. The van der Waals surface area contributed by atoms with Gasteiger partial charge in [-0.15, -0.1) is 0 Å². The summed E-state index contributed by atoms with van der Waals surface area (Å²) in [5.41, 5.74) is 0.445. The summed E-state index contributed by atoms with van der Waals surface area (Å²) in [6.45, 7) is 2.95. The number of rotatable bonds is 6. The SMILES string of the molecule is CC(Oc1ccc(F)cc1)C(=O)Nc1ccc(S(=O)(=O)N2CCOCC2)cc1. The monoisotopic (exact) mass is 408 g/mol. The first-order valence-electron chi connectivity index (χ1n) is 8.77. The molecule has 3 rings (SSSR count). The van der Waals surface area contributed by atoms with Crippen molar-refractivity contribution in [1.29, 1.82) is 0 Å². The van der Waals surface area contributed by atoms with Gasteiger partial charge in [-0.2, -0.15) is 4.31 Å². The van der Waals surface area contributed by atoms with Crippen LogP contribution in [0.4, 0.5) is 10.1 Å². The first-order chi connectivity index (χ1) is 13.4. The smallest absolute Gasteiger partial charge is 0.265 e. The first-order valence-corrected chi connectivity index (χ1v) is 10.2. The van der Waals surface area contributed by atoms with Gasteiger partial charge in [0.1, 0.15) is 11.6 Å². The van der Waals surface area contributed by atoms with Crippen molar-refractivity contribution in [2.24, 2.45) is 0 Å². The molecule has 7 nitrogen and oxygen atoms in total. The normalized spacial score (nSPS) is 16.4. The lowest BCUT2D eigenvalue weighted by molar-refractivity contribution is -0.122. The van der Waals surface area contributed by atoms with Crippen molar-refractivity contribution in [3.05, 3.63) is 54.3 Å². The predicted molar refractivity (Wildman–Crippen MR) is 101 cm³/mol. The molecule has 2 aromatic rings. The van der Waals surface area contributed by atoms with Gasteiger partial charge in [-0.1, -0.05) is 0 Å². The van der Waals surface area contributed by atoms with Crippen molar-refractivity contribution < 1.29 is 27.1 Å². The van der Waals surface area contributed by atoms with Crippen molar-refractivity contribution in [2.45, 2.75) is 17.9 Å². The maximum absolute atomic E-state index is 12.9. The second kappa shape index (κ2) is 8.68. The summed E-state index contributed by atoms with van der Waals surface area (Å²) in [5.74, 6) is -0.430. The fourth-order valence-electron chi connectivity index (χ4n) is 2.66. The summed E-state index contributed by atoms with van der Waals surface area (Å²) in [5, 5.41) is 2.67. The van der Waals surface area contributed by atoms with E-state index < -0.39 is 27.9 Å². The molecule has 0 aromatic heterocycles. The van der Waals surface area contributed by atoms with Crippen LogP contribution in [0, 0.1) is 5.82 Å². The Kier molecular flexibility index (Phi) is 6.28. The zero-order valence-corrected chi connectivity index (χ0v) is 16.1. The van der Waals surface area contributed by atoms with Crippen LogP contribution in [0.1, 0.15) is 6.92 Å². The summed E-state index contributed by atoms with van der Waals surface area (Å²) >= 11 is 0. The number of amides is 1. The number of morpholine rings is 1. The number of nitrogens with zero attached hydrogens (tertiary/aromatic N) is 1. The second-order valence-corrected chi connectivity index (χ2v) is 8.18. The van der Waals surface area contributed by atoms with Gasteiger partial charge in [0.15, 0.2) is 6.10 Å². The van der Waals surface area contributed by atoms with E-state index in [1.807, 2.05) is 0 Å². The van der Waals surface area contributed by atoms with E-state index in [2.05, 4.69) is 5.32 Å². The molecule has 1 fully saturated rings. The van der Waals surface area contributed by atoms with Crippen LogP contribution in [0.15, 0.2) is 53.4 Å². The second-order valence-electron chi connectivity index (χ2n) is 6.24. The summed E-state index contributed by atoms with van der Waals surface area (Å²) in [4.78, 5) is 12.4. The molecule has 150 valence electrons. The predicted octanol–water partition coefficient (Wildman–Crippen LogP) is 2.25. The molecule has 1 unspecified atom stereocenters. The minimum absolute atomic E-state index is 0.156. The maximum Gasteiger partial charge on any atom is 0.265 e. The van der Waals surface area contributed by atoms with Gasteiger partial charge < -0.3 is 14.8 Å². The Morgan fingerprint density at radius 1 is 1.11 bits per heavy atom. The van der Waals surface area contributed by atoms with E-state index >= 15 is 0 Å². The molecule has 2 aromatic carbocycles. The average molecular weight is 408 g/mol. The van der Waals surface area contributed by atoms with E-state index in [1.54, 1.807) is 6.92 Å². The number of hydrogen-bond donors (Lipinski definition) is 1. The van der Waals surface area contributed by atoms with Gasteiger partial charge in [0, 0.05) is 18.8 Å².